The normalized spacial score (nSPS) is 15.5. The van der Waals surface area contributed by atoms with Crippen LogP contribution in [-0.4, -0.2) is 12.2 Å². The predicted octanol–water partition coefficient (Wildman–Crippen LogP) is 6.12. The van der Waals surface area contributed by atoms with Crippen LogP contribution in [0.4, 0.5) is 4.39 Å². The highest BCUT2D eigenvalue weighted by Gasteiger charge is 2.18. The van der Waals surface area contributed by atoms with Gasteiger partial charge >= 0.3 is 0 Å². The topological polar surface area (TPSA) is 26.0 Å². The maximum atomic E-state index is 13.8. The minimum absolute atomic E-state index is 0.482. The highest BCUT2D eigenvalue weighted by molar-refractivity contribution is 5.22. The van der Waals surface area contributed by atoms with Crippen molar-refractivity contribution in [2.24, 2.45) is 11.7 Å². The third-order valence-corrected chi connectivity index (χ3v) is 4.16. The molecule has 0 aliphatic heterocycles. The number of alkyl halides is 1. The van der Waals surface area contributed by atoms with E-state index in [1.165, 1.54) is 11.1 Å². The molecule has 0 bridgehead atoms. The minimum Gasteiger partial charge on any atom is -0.330 e. The van der Waals surface area contributed by atoms with E-state index in [2.05, 4.69) is 38.7 Å². The van der Waals surface area contributed by atoms with Gasteiger partial charge in [-0.1, -0.05) is 51.2 Å². The summed E-state index contributed by atoms with van der Waals surface area (Å²) >= 11 is 0. The third-order valence-electron chi connectivity index (χ3n) is 4.16. The van der Waals surface area contributed by atoms with E-state index in [4.69, 9.17) is 5.73 Å². The molecule has 0 aromatic heterocycles. The van der Waals surface area contributed by atoms with Crippen molar-refractivity contribution >= 4 is 0 Å². The van der Waals surface area contributed by atoms with Crippen molar-refractivity contribution in [1.29, 1.82) is 0 Å². The van der Waals surface area contributed by atoms with E-state index in [1.54, 1.807) is 6.92 Å². The molecule has 0 heterocycles. The number of nitrogens with two attached hydrogens (primary N) is 1. The molecule has 1 nitrogen and oxygen atoms in total. The number of unbranched alkanes of at least 4 members (excludes halogenated alkanes) is 1. The first-order valence-corrected chi connectivity index (χ1v) is 8.74. The van der Waals surface area contributed by atoms with Gasteiger partial charge in [-0.2, -0.15) is 0 Å². The molecule has 2 N–H and O–H groups in total. The first-order chi connectivity index (χ1) is 10.3. The molecule has 0 amide bonds. The van der Waals surface area contributed by atoms with Gasteiger partial charge in [0.15, 0.2) is 0 Å². The first kappa shape index (κ1) is 21.1. The van der Waals surface area contributed by atoms with Gasteiger partial charge in [-0.3, -0.25) is 0 Å². The van der Waals surface area contributed by atoms with Crippen LogP contribution >= 0.6 is 0 Å². The van der Waals surface area contributed by atoms with Crippen molar-refractivity contribution in [3.05, 3.63) is 36.0 Å². The number of rotatable bonds is 12. The molecule has 128 valence electrons. The van der Waals surface area contributed by atoms with E-state index in [9.17, 15) is 4.39 Å². The minimum atomic E-state index is -1.04. The largest absolute Gasteiger partial charge is 0.330 e. The van der Waals surface area contributed by atoms with Crippen LogP contribution in [0.3, 0.4) is 0 Å². The monoisotopic (exact) mass is 309 g/mol. The first-order valence-electron chi connectivity index (χ1n) is 8.74. The zero-order valence-electron chi connectivity index (χ0n) is 15.1. The van der Waals surface area contributed by atoms with E-state index in [0.717, 1.165) is 38.6 Å². The summed E-state index contributed by atoms with van der Waals surface area (Å²) in [6, 6.07) is 0. The molecule has 0 spiro atoms. The molecule has 0 radical (unpaired) electrons. The average molecular weight is 310 g/mol. The summed E-state index contributed by atoms with van der Waals surface area (Å²) in [4.78, 5) is 0. The second-order valence-corrected chi connectivity index (χ2v) is 6.77. The molecule has 0 saturated carbocycles. The van der Waals surface area contributed by atoms with Gasteiger partial charge < -0.3 is 5.73 Å². The van der Waals surface area contributed by atoms with Crippen LogP contribution in [0.2, 0.25) is 0 Å². The van der Waals surface area contributed by atoms with Crippen LogP contribution in [0, 0.1) is 5.92 Å². The zero-order valence-corrected chi connectivity index (χ0v) is 15.1. The number of hydrogen-bond donors (Lipinski definition) is 1. The predicted molar refractivity (Wildman–Crippen MR) is 97.8 cm³/mol. The van der Waals surface area contributed by atoms with Crippen LogP contribution in [0.25, 0.3) is 0 Å². The fraction of sp³-hybridized carbons (Fsp3) is 0.700. The van der Waals surface area contributed by atoms with Crippen LogP contribution < -0.4 is 5.73 Å². The molecule has 2 heteroatoms. The Balaban J connectivity index is 4.35. The van der Waals surface area contributed by atoms with E-state index in [0.29, 0.717) is 18.8 Å². The molecule has 0 saturated heterocycles. The van der Waals surface area contributed by atoms with E-state index in [-0.39, 0.29) is 0 Å². The Morgan fingerprint density at radius 3 is 2.55 bits per heavy atom. The molecule has 1 unspecified atom stereocenters. The summed E-state index contributed by atoms with van der Waals surface area (Å²) in [5.41, 5.74) is 7.05. The SMILES string of the molecule is C=C(C/C=C(\C=C/CCC(C)(F)CC)C(C)C)CCCCN. The molecular weight excluding hydrogens is 273 g/mol. The summed E-state index contributed by atoms with van der Waals surface area (Å²) in [6.07, 6.45) is 12.7. The molecule has 0 fully saturated rings. The Kier molecular flexibility index (Phi) is 11.2. The summed E-state index contributed by atoms with van der Waals surface area (Å²) in [7, 11) is 0. The zero-order chi connectivity index (χ0) is 17.0. The summed E-state index contributed by atoms with van der Waals surface area (Å²) in [6.45, 7) is 12.9. The Labute approximate surface area is 137 Å². The van der Waals surface area contributed by atoms with E-state index in [1.807, 2.05) is 6.92 Å². The van der Waals surface area contributed by atoms with Gasteiger partial charge in [0.1, 0.15) is 5.67 Å². The third kappa shape index (κ3) is 10.8. The lowest BCUT2D eigenvalue weighted by atomic mass is 9.96. The van der Waals surface area contributed by atoms with Gasteiger partial charge in [-0.15, -0.1) is 0 Å². The molecule has 1 atom stereocenters. The van der Waals surface area contributed by atoms with E-state index >= 15 is 0 Å². The van der Waals surface area contributed by atoms with Gasteiger partial charge in [0.2, 0.25) is 0 Å². The molecular formula is C20H36FN. The number of halogens is 1. The van der Waals surface area contributed by atoms with Crippen molar-refractivity contribution in [3.8, 4) is 0 Å². The Hall–Kier alpha value is -0.890. The maximum Gasteiger partial charge on any atom is 0.108 e. The Morgan fingerprint density at radius 1 is 1.32 bits per heavy atom. The smallest absolute Gasteiger partial charge is 0.108 e. The standard InChI is InChI=1S/C20H36FN/c1-6-20(5,21)15-9-7-12-19(17(2)3)14-13-18(4)11-8-10-16-22/h7,12,14,17H,4,6,8-11,13,15-16,22H2,1-3,5H3/b12-7-,19-14+. The van der Waals surface area contributed by atoms with Crippen molar-refractivity contribution < 1.29 is 4.39 Å². The average Bonchev–Trinajstić information content (AvgIpc) is 2.46. The number of hydrogen-bond acceptors (Lipinski definition) is 1. The maximum absolute atomic E-state index is 13.8. The Morgan fingerprint density at radius 2 is 2.00 bits per heavy atom. The summed E-state index contributed by atoms with van der Waals surface area (Å²) < 4.78 is 13.8. The molecule has 22 heavy (non-hydrogen) atoms. The van der Waals surface area contributed by atoms with Gasteiger partial charge in [-0.05, 0) is 69.9 Å². The Bertz CT molecular complexity index is 364. The quantitative estimate of drug-likeness (QED) is 0.262. The lowest BCUT2D eigenvalue weighted by molar-refractivity contribution is 0.170. The van der Waals surface area contributed by atoms with Crippen LogP contribution in [0.1, 0.15) is 72.6 Å². The highest BCUT2D eigenvalue weighted by Crippen LogP contribution is 2.22. The number of allylic oxidation sites excluding steroid dienone is 5. The molecule has 0 aromatic carbocycles. The second kappa shape index (κ2) is 11.6. The van der Waals surface area contributed by atoms with Gasteiger partial charge in [0.25, 0.3) is 0 Å². The van der Waals surface area contributed by atoms with Crippen LogP contribution in [0.15, 0.2) is 36.0 Å². The molecule has 0 aliphatic rings. The highest BCUT2D eigenvalue weighted by atomic mass is 19.1. The summed E-state index contributed by atoms with van der Waals surface area (Å²) in [5, 5.41) is 0. The fourth-order valence-electron chi connectivity index (χ4n) is 2.16. The molecule has 0 aromatic rings. The fourth-order valence-corrected chi connectivity index (χ4v) is 2.16. The second-order valence-electron chi connectivity index (χ2n) is 6.77. The van der Waals surface area contributed by atoms with Crippen LogP contribution in [-0.2, 0) is 0 Å². The van der Waals surface area contributed by atoms with Crippen LogP contribution in [0.5, 0.6) is 0 Å². The van der Waals surface area contributed by atoms with Crippen molar-refractivity contribution in [3.63, 3.8) is 0 Å². The van der Waals surface area contributed by atoms with Gasteiger partial charge in [0, 0.05) is 0 Å². The van der Waals surface area contributed by atoms with Gasteiger partial charge in [0.05, 0.1) is 0 Å². The summed E-state index contributed by atoms with van der Waals surface area (Å²) in [5.74, 6) is 0.482. The van der Waals surface area contributed by atoms with E-state index < -0.39 is 5.67 Å². The lowest BCUT2D eigenvalue weighted by Crippen LogP contribution is -2.15. The molecule has 0 aliphatic carbocycles. The van der Waals surface area contributed by atoms with Crippen molar-refractivity contribution in [1.82, 2.24) is 0 Å². The van der Waals surface area contributed by atoms with Crippen molar-refractivity contribution in [2.45, 2.75) is 78.3 Å². The molecule has 0 rings (SSSR count). The van der Waals surface area contributed by atoms with Gasteiger partial charge in [-0.25, -0.2) is 4.39 Å². The van der Waals surface area contributed by atoms with Crippen molar-refractivity contribution in [2.75, 3.05) is 6.54 Å². The lowest BCUT2D eigenvalue weighted by Gasteiger charge is -2.16.